The number of ether oxygens (including phenoxy) is 1. The van der Waals surface area contributed by atoms with E-state index in [1.54, 1.807) is 6.07 Å². The highest BCUT2D eigenvalue weighted by Crippen LogP contribution is 2.27. The predicted octanol–water partition coefficient (Wildman–Crippen LogP) is 3.21. The van der Waals surface area contributed by atoms with E-state index in [4.69, 9.17) is 9.84 Å². The summed E-state index contributed by atoms with van der Waals surface area (Å²) in [5, 5.41) is 14.2. The molecule has 0 fully saturated rings. The zero-order valence-corrected chi connectivity index (χ0v) is 14.6. The average molecular weight is 382 g/mol. The number of benzene rings is 1. The molecule has 0 saturated heterocycles. The van der Waals surface area contributed by atoms with Gasteiger partial charge in [0, 0.05) is 37.3 Å². The van der Waals surface area contributed by atoms with Crippen LogP contribution in [0.3, 0.4) is 0 Å². The van der Waals surface area contributed by atoms with E-state index in [0.29, 0.717) is 11.4 Å². The molecule has 0 atom stereocenters. The van der Waals surface area contributed by atoms with Crippen LogP contribution in [0.5, 0.6) is 11.5 Å². The third-order valence-corrected chi connectivity index (χ3v) is 3.63. The minimum atomic E-state index is -1.18. The molecule has 8 nitrogen and oxygen atoms in total. The monoisotopic (exact) mass is 382 g/mol. The molecule has 1 aromatic carbocycles. The van der Waals surface area contributed by atoms with Crippen LogP contribution in [0.4, 0.5) is 15.8 Å². The largest absolute Gasteiger partial charge is 0.477 e. The number of halogens is 1. The van der Waals surface area contributed by atoms with Gasteiger partial charge in [0.25, 0.3) is 5.91 Å². The Labute approximate surface area is 159 Å². The number of hydrogen-bond donors (Lipinski definition) is 3. The van der Waals surface area contributed by atoms with Crippen molar-refractivity contribution in [3.63, 3.8) is 0 Å². The highest BCUT2D eigenvalue weighted by Gasteiger charge is 2.10. The Kier molecular flexibility index (Phi) is 5.45. The first kappa shape index (κ1) is 18.8. The number of anilines is 2. The lowest BCUT2D eigenvalue weighted by atomic mass is 10.2. The van der Waals surface area contributed by atoms with E-state index >= 15 is 0 Å². The first-order valence-corrected chi connectivity index (χ1v) is 8.08. The maximum atomic E-state index is 14.4. The van der Waals surface area contributed by atoms with Crippen molar-refractivity contribution in [2.24, 2.45) is 0 Å². The quantitative estimate of drug-likeness (QED) is 0.600. The minimum absolute atomic E-state index is 0.135. The molecule has 3 rings (SSSR count). The molecular formula is C19H15FN4O4. The second-order valence-electron chi connectivity index (χ2n) is 5.56. The topological polar surface area (TPSA) is 113 Å². The Balaban J connectivity index is 1.77. The van der Waals surface area contributed by atoms with Gasteiger partial charge < -0.3 is 20.5 Å². The van der Waals surface area contributed by atoms with Gasteiger partial charge in [-0.1, -0.05) is 0 Å². The summed E-state index contributed by atoms with van der Waals surface area (Å²) in [4.78, 5) is 30.2. The van der Waals surface area contributed by atoms with Crippen LogP contribution < -0.4 is 15.4 Å². The summed E-state index contributed by atoms with van der Waals surface area (Å²) in [6.07, 6.45) is 2.73. The Morgan fingerprint density at radius 1 is 1.00 bits per heavy atom. The zero-order valence-electron chi connectivity index (χ0n) is 14.6. The van der Waals surface area contributed by atoms with Crippen molar-refractivity contribution in [1.82, 2.24) is 15.3 Å². The van der Waals surface area contributed by atoms with E-state index in [1.165, 1.54) is 55.8 Å². The molecule has 3 N–H and O–H groups in total. The maximum Gasteiger partial charge on any atom is 0.354 e. The Morgan fingerprint density at radius 3 is 2.43 bits per heavy atom. The van der Waals surface area contributed by atoms with Crippen molar-refractivity contribution < 1.29 is 23.8 Å². The molecule has 142 valence electrons. The van der Waals surface area contributed by atoms with Gasteiger partial charge >= 0.3 is 5.97 Å². The van der Waals surface area contributed by atoms with Gasteiger partial charge in [0.2, 0.25) is 0 Å². The summed E-state index contributed by atoms with van der Waals surface area (Å²) in [7, 11) is 1.49. The SMILES string of the molecule is CNC(=O)c1cc(Oc2ccc(Nc3ccnc(C(=O)O)c3)c(F)c2)ccn1. The summed E-state index contributed by atoms with van der Waals surface area (Å²) in [6.45, 7) is 0. The average Bonchev–Trinajstić information content (AvgIpc) is 2.70. The van der Waals surface area contributed by atoms with Gasteiger partial charge in [0.1, 0.15) is 28.7 Å². The third kappa shape index (κ3) is 4.39. The van der Waals surface area contributed by atoms with Crippen molar-refractivity contribution in [3.8, 4) is 11.5 Å². The van der Waals surface area contributed by atoms with Gasteiger partial charge in [-0.25, -0.2) is 14.2 Å². The molecule has 0 aliphatic rings. The number of nitrogens with one attached hydrogen (secondary N) is 2. The molecule has 0 aliphatic heterocycles. The van der Waals surface area contributed by atoms with E-state index in [1.807, 2.05) is 0 Å². The van der Waals surface area contributed by atoms with Gasteiger partial charge in [0.05, 0.1) is 5.69 Å². The van der Waals surface area contributed by atoms with Crippen molar-refractivity contribution >= 4 is 23.3 Å². The molecule has 0 bridgehead atoms. The molecule has 2 heterocycles. The lowest BCUT2D eigenvalue weighted by Crippen LogP contribution is -2.18. The zero-order chi connectivity index (χ0) is 20.1. The fraction of sp³-hybridized carbons (Fsp3) is 0.0526. The fourth-order valence-electron chi connectivity index (χ4n) is 2.30. The lowest BCUT2D eigenvalue weighted by molar-refractivity contribution is 0.0690. The van der Waals surface area contributed by atoms with Gasteiger partial charge in [-0.2, -0.15) is 0 Å². The van der Waals surface area contributed by atoms with Crippen LogP contribution in [0.2, 0.25) is 0 Å². The number of aromatic nitrogens is 2. The van der Waals surface area contributed by atoms with E-state index in [9.17, 15) is 14.0 Å². The second-order valence-corrected chi connectivity index (χ2v) is 5.56. The Bertz CT molecular complexity index is 1040. The van der Waals surface area contributed by atoms with E-state index < -0.39 is 11.8 Å². The van der Waals surface area contributed by atoms with Crippen LogP contribution in [-0.2, 0) is 0 Å². The molecule has 2 aromatic heterocycles. The Morgan fingerprint density at radius 2 is 1.71 bits per heavy atom. The summed E-state index contributed by atoms with van der Waals surface area (Å²) in [6, 6.07) is 9.95. The standard InChI is InChI=1S/C19H15FN4O4/c1-21-18(25)16-10-13(5-7-22-16)28-12-2-3-15(14(20)9-12)24-11-4-6-23-17(8-11)19(26)27/h2-10H,1H3,(H,21,25)(H,23,24)(H,26,27). The van der Waals surface area contributed by atoms with Crippen LogP contribution in [0.25, 0.3) is 0 Å². The molecule has 0 unspecified atom stereocenters. The van der Waals surface area contributed by atoms with Gasteiger partial charge in [-0.15, -0.1) is 0 Å². The number of aromatic carboxylic acids is 1. The smallest absolute Gasteiger partial charge is 0.354 e. The second kappa shape index (κ2) is 8.12. The molecular weight excluding hydrogens is 367 g/mol. The number of carbonyl (C=O) groups excluding carboxylic acids is 1. The molecule has 3 aromatic rings. The summed E-state index contributed by atoms with van der Waals surface area (Å²) >= 11 is 0. The number of hydrogen-bond acceptors (Lipinski definition) is 6. The molecule has 1 amide bonds. The van der Waals surface area contributed by atoms with E-state index in [-0.39, 0.29) is 28.7 Å². The fourth-order valence-corrected chi connectivity index (χ4v) is 2.30. The molecule has 28 heavy (non-hydrogen) atoms. The van der Waals surface area contributed by atoms with E-state index in [0.717, 1.165) is 0 Å². The van der Waals surface area contributed by atoms with Crippen molar-refractivity contribution in [2.75, 3.05) is 12.4 Å². The first-order valence-electron chi connectivity index (χ1n) is 8.08. The van der Waals surface area contributed by atoms with Crippen LogP contribution >= 0.6 is 0 Å². The Hall–Kier alpha value is -4.01. The highest BCUT2D eigenvalue weighted by atomic mass is 19.1. The maximum absolute atomic E-state index is 14.4. The number of carboxylic acids is 1. The summed E-state index contributed by atoms with van der Waals surface area (Å²) in [5.41, 5.74) is 0.528. The van der Waals surface area contributed by atoms with Crippen molar-refractivity contribution in [2.45, 2.75) is 0 Å². The number of rotatable bonds is 6. The third-order valence-electron chi connectivity index (χ3n) is 3.63. The normalized spacial score (nSPS) is 10.2. The van der Waals surface area contributed by atoms with Gasteiger partial charge in [0.15, 0.2) is 0 Å². The minimum Gasteiger partial charge on any atom is -0.477 e. The summed E-state index contributed by atoms with van der Waals surface area (Å²) in [5.74, 6) is -1.60. The highest BCUT2D eigenvalue weighted by molar-refractivity contribution is 5.92. The van der Waals surface area contributed by atoms with Gasteiger partial charge in [-0.05, 0) is 30.3 Å². The predicted molar refractivity (Wildman–Crippen MR) is 98.6 cm³/mol. The number of pyridine rings is 2. The van der Waals surface area contributed by atoms with Crippen LogP contribution in [0, 0.1) is 5.82 Å². The van der Waals surface area contributed by atoms with Crippen molar-refractivity contribution in [1.29, 1.82) is 0 Å². The number of carbonyl (C=O) groups is 2. The molecule has 0 aliphatic carbocycles. The summed E-state index contributed by atoms with van der Waals surface area (Å²) < 4.78 is 20.0. The molecule has 0 radical (unpaired) electrons. The number of nitrogens with zero attached hydrogens (tertiary/aromatic N) is 2. The molecule has 0 spiro atoms. The van der Waals surface area contributed by atoms with Crippen LogP contribution in [0.15, 0.2) is 54.9 Å². The van der Waals surface area contributed by atoms with Crippen LogP contribution in [0.1, 0.15) is 21.0 Å². The first-order chi connectivity index (χ1) is 13.5. The van der Waals surface area contributed by atoms with E-state index in [2.05, 4.69) is 20.6 Å². The van der Waals surface area contributed by atoms with Gasteiger partial charge in [-0.3, -0.25) is 9.78 Å². The molecule has 9 heteroatoms. The number of amides is 1. The lowest BCUT2D eigenvalue weighted by Gasteiger charge is -2.11. The number of carboxylic acid groups (broad SMARTS) is 1. The van der Waals surface area contributed by atoms with Crippen molar-refractivity contribution in [3.05, 3.63) is 72.1 Å². The van der Waals surface area contributed by atoms with Crippen LogP contribution in [-0.4, -0.2) is 34.0 Å². The molecule has 0 saturated carbocycles.